The zero-order valence-corrected chi connectivity index (χ0v) is 18.5. The molecule has 3 aromatic rings. The zero-order valence-electron chi connectivity index (χ0n) is 16.9. The van der Waals surface area contributed by atoms with Crippen molar-refractivity contribution < 1.29 is 17.9 Å². The predicted octanol–water partition coefficient (Wildman–Crippen LogP) is 4.75. The van der Waals surface area contributed by atoms with Crippen molar-refractivity contribution in [2.24, 2.45) is 0 Å². The average Bonchev–Trinajstić information content (AvgIpc) is 3.23. The number of anilines is 1. The number of sulfonamides is 1. The molecule has 30 heavy (non-hydrogen) atoms. The first-order chi connectivity index (χ1) is 14.4. The van der Waals surface area contributed by atoms with E-state index in [-0.39, 0.29) is 17.2 Å². The van der Waals surface area contributed by atoms with Gasteiger partial charge >= 0.3 is 0 Å². The smallest absolute Gasteiger partial charge is 0.243 e. The third-order valence-corrected chi connectivity index (χ3v) is 7.38. The molecule has 0 saturated carbocycles. The van der Waals surface area contributed by atoms with Gasteiger partial charge in [-0.05, 0) is 41.8 Å². The molecule has 158 valence electrons. The molecule has 0 radical (unpaired) electrons. The Morgan fingerprint density at radius 1 is 1.03 bits per heavy atom. The number of benzene rings is 2. The van der Waals surface area contributed by atoms with E-state index in [1.54, 1.807) is 32.0 Å². The Morgan fingerprint density at radius 3 is 2.40 bits per heavy atom. The van der Waals surface area contributed by atoms with E-state index in [0.717, 1.165) is 4.88 Å². The third kappa shape index (κ3) is 5.27. The molecular formula is C22H24N2O4S2. The first-order valence-corrected chi connectivity index (χ1v) is 11.9. The van der Waals surface area contributed by atoms with Gasteiger partial charge in [0.25, 0.3) is 0 Å². The highest BCUT2D eigenvalue weighted by atomic mass is 32.2. The van der Waals surface area contributed by atoms with Crippen LogP contribution in [0.25, 0.3) is 0 Å². The van der Waals surface area contributed by atoms with Crippen LogP contribution < -0.4 is 10.1 Å². The van der Waals surface area contributed by atoms with Crippen molar-refractivity contribution in [1.82, 2.24) is 4.31 Å². The average molecular weight is 445 g/mol. The maximum absolute atomic E-state index is 12.9. The van der Waals surface area contributed by atoms with Gasteiger partial charge in [-0.15, -0.1) is 11.3 Å². The van der Waals surface area contributed by atoms with Gasteiger partial charge in [0.2, 0.25) is 15.9 Å². The quantitative estimate of drug-likeness (QED) is 0.517. The van der Waals surface area contributed by atoms with Crippen LogP contribution in [-0.4, -0.2) is 31.7 Å². The third-order valence-electron chi connectivity index (χ3n) is 4.45. The Labute approximate surface area is 181 Å². The minimum absolute atomic E-state index is 0.109. The molecule has 2 aromatic carbocycles. The summed E-state index contributed by atoms with van der Waals surface area (Å²) in [5.74, 6) is 0.720. The summed E-state index contributed by atoms with van der Waals surface area (Å²) < 4.78 is 33.1. The van der Waals surface area contributed by atoms with Gasteiger partial charge in [-0.1, -0.05) is 38.1 Å². The highest BCUT2D eigenvalue weighted by Crippen LogP contribution is 2.33. The largest absolute Gasteiger partial charge is 0.455 e. The molecule has 0 fully saturated rings. The summed E-state index contributed by atoms with van der Waals surface area (Å²) >= 11 is 1.49. The number of carbonyl (C=O) groups is 1. The monoisotopic (exact) mass is 444 g/mol. The Morgan fingerprint density at radius 2 is 1.77 bits per heavy atom. The minimum Gasteiger partial charge on any atom is -0.455 e. The van der Waals surface area contributed by atoms with Crippen LogP contribution in [-0.2, 0) is 21.2 Å². The Balaban J connectivity index is 1.94. The van der Waals surface area contributed by atoms with E-state index in [0.29, 0.717) is 30.3 Å². The van der Waals surface area contributed by atoms with Gasteiger partial charge in [0.15, 0.2) is 5.75 Å². The summed E-state index contributed by atoms with van der Waals surface area (Å²) in [5, 5.41) is 4.72. The molecule has 0 spiro atoms. The summed E-state index contributed by atoms with van der Waals surface area (Å²) in [4.78, 5) is 13.6. The van der Waals surface area contributed by atoms with Crippen LogP contribution >= 0.6 is 11.3 Å². The molecule has 8 heteroatoms. The number of thiophene rings is 1. The van der Waals surface area contributed by atoms with Crippen molar-refractivity contribution in [1.29, 1.82) is 0 Å². The fourth-order valence-electron chi connectivity index (χ4n) is 2.95. The summed E-state index contributed by atoms with van der Waals surface area (Å²) in [6.45, 7) is 4.30. The summed E-state index contributed by atoms with van der Waals surface area (Å²) in [5.41, 5.74) is 0.314. The van der Waals surface area contributed by atoms with E-state index in [9.17, 15) is 13.2 Å². The number of amides is 1. The molecule has 1 aromatic heterocycles. The molecule has 0 aliphatic heterocycles. The van der Waals surface area contributed by atoms with Crippen LogP contribution in [0.1, 0.15) is 18.7 Å². The number of carbonyl (C=O) groups excluding carboxylic acids is 1. The van der Waals surface area contributed by atoms with Crippen LogP contribution in [0.15, 0.2) is 70.9 Å². The second kappa shape index (κ2) is 9.88. The fourth-order valence-corrected chi connectivity index (χ4v) is 5.14. The Hall–Kier alpha value is -2.68. The molecule has 0 atom stereocenters. The SMILES string of the molecule is CCN(CC)S(=O)(=O)c1ccc(Oc2ccccc2)c(NC(=O)Cc2cccs2)c1. The highest BCUT2D eigenvalue weighted by molar-refractivity contribution is 7.89. The Kier molecular flexibility index (Phi) is 7.25. The molecule has 0 saturated heterocycles. The van der Waals surface area contributed by atoms with Crippen molar-refractivity contribution in [2.75, 3.05) is 18.4 Å². The zero-order chi connectivity index (χ0) is 21.6. The predicted molar refractivity (Wildman–Crippen MR) is 120 cm³/mol. The molecule has 0 bridgehead atoms. The van der Waals surface area contributed by atoms with Crippen molar-refractivity contribution in [3.63, 3.8) is 0 Å². The molecular weight excluding hydrogens is 420 g/mol. The van der Waals surface area contributed by atoms with Crippen molar-refractivity contribution in [2.45, 2.75) is 25.2 Å². The topological polar surface area (TPSA) is 75.7 Å². The van der Waals surface area contributed by atoms with Crippen LogP contribution in [0.4, 0.5) is 5.69 Å². The van der Waals surface area contributed by atoms with Crippen LogP contribution in [0.2, 0.25) is 0 Å². The van der Waals surface area contributed by atoms with E-state index in [4.69, 9.17) is 4.74 Å². The number of nitrogens with one attached hydrogen (secondary N) is 1. The van der Waals surface area contributed by atoms with E-state index >= 15 is 0 Å². The van der Waals surface area contributed by atoms with Crippen molar-refractivity contribution in [3.05, 3.63) is 70.9 Å². The van der Waals surface area contributed by atoms with E-state index in [1.807, 2.05) is 35.7 Å². The van der Waals surface area contributed by atoms with Crippen LogP contribution in [0, 0.1) is 0 Å². The maximum atomic E-state index is 12.9. The van der Waals surface area contributed by atoms with Gasteiger partial charge in [0, 0.05) is 18.0 Å². The van der Waals surface area contributed by atoms with E-state index in [2.05, 4.69) is 5.32 Å². The number of hydrogen-bond acceptors (Lipinski definition) is 5. The normalized spacial score (nSPS) is 11.4. The molecule has 1 heterocycles. The van der Waals surface area contributed by atoms with E-state index < -0.39 is 10.0 Å². The lowest BCUT2D eigenvalue weighted by Gasteiger charge is -2.20. The lowest BCUT2D eigenvalue weighted by molar-refractivity contribution is -0.115. The highest BCUT2D eigenvalue weighted by Gasteiger charge is 2.23. The first kappa shape index (κ1) is 22.0. The minimum atomic E-state index is -3.67. The van der Waals surface area contributed by atoms with Gasteiger partial charge in [-0.3, -0.25) is 4.79 Å². The summed E-state index contributed by atoms with van der Waals surface area (Å²) in [6.07, 6.45) is 0.204. The van der Waals surface area contributed by atoms with Gasteiger partial charge in [-0.2, -0.15) is 4.31 Å². The molecule has 0 aliphatic carbocycles. The first-order valence-electron chi connectivity index (χ1n) is 9.63. The van der Waals surface area contributed by atoms with Gasteiger partial charge in [-0.25, -0.2) is 8.42 Å². The van der Waals surface area contributed by atoms with Crippen LogP contribution in [0.5, 0.6) is 11.5 Å². The number of ether oxygens (including phenoxy) is 1. The van der Waals surface area contributed by atoms with Crippen molar-refractivity contribution >= 4 is 33.0 Å². The summed E-state index contributed by atoms with van der Waals surface area (Å²) in [6, 6.07) is 17.4. The fraction of sp³-hybridized carbons (Fsp3) is 0.227. The number of para-hydroxylation sites is 1. The van der Waals surface area contributed by atoms with Gasteiger partial charge in [0.1, 0.15) is 5.75 Å². The summed E-state index contributed by atoms with van der Waals surface area (Å²) in [7, 11) is -3.67. The maximum Gasteiger partial charge on any atom is 0.243 e. The lowest BCUT2D eigenvalue weighted by atomic mass is 10.2. The second-order valence-corrected chi connectivity index (χ2v) is 9.44. The van der Waals surface area contributed by atoms with Crippen LogP contribution in [0.3, 0.4) is 0 Å². The van der Waals surface area contributed by atoms with Crippen molar-refractivity contribution in [3.8, 4) is 11.5 Å². The molecule has 1 N–H and O–H groups in total. The molecule has 0 unspecified atom stereocenters. The standard InChI is InChI=1S/C22H24N2O4S2/c1-3-24(4-2)30(26,27)19-12-13-21(28-17-9-6-5-7-10-17)20(16-19)23-22(25)15-18-11-8-14-29-18/h5-14,16H,3-4,15H2,1-2H3,(H,23,25). The number of hydrogen-bond donors (Lipinski definition) is 1. The molecule has 1 amide bonds. The Bertz CT molecular complexity index is 1080. The number of nitrogens with zero attached hydrogens (tertiary/aromatic N) is 1. The number of rotatable bonds is 9. The van der Waals surface area contributed by atoms with Gasteiger partial charge in [0.05, 0.1) is 17.0 Å². The lowest BCUT2D eigenvalue weighted by Crippen LogP contribution is -2.30. The molecule has 3 rings (SSSR count). The molecule has 6 nitrogen and oxygen atoms in total. The van der Waals surface area contributed by atoms with E-state index in [1.165, 1.54) is 27.8 Å². The second-order valence-electron chi connectivity index (χ2n) is 6.47. The van der Waals surface area contributed by atoms with Gasteiger partial charge < -0.3 is 10.1 Å². The molecule has 0 aliphatic rings.